The quantitative estimate of drug-likeness (QED) is 0.929. The van der Waals surface area contributed by atoms with Gasteiger partial charge in [0.2, 0.25) is 5.91 Å². The number of hydrogen-bond acceptors (Lipinski definition) is 3. The van der Waals surface area contributed by atoms with E-state index in [4.69, 9.17) is 5.73 Å². The summed E-state index contributed by atoms with van der Waals surface area (Å²) in [5.74, 6) is 0.620. The Morgan fingerprint density at radius 2 is 2.33 bits per heavy atom. The Morgan fingerprint density at radius 1 is 1.48 bits per heavy atom. The van der Waals surface area contributed by atoms with Crippen LogP contribution in [-0.4, -0.2) is 39.3 Å². The predicted molar refractivity (Wildman–Crippen MR) is 81.8 cm³/mol. The normalized spacial score (nSPS) is 22.7. The van der Waals surface area contributed by atoms with Gasteiger partial charge in [0.15, 0.2) is 0 Å². The molecule has 1 aliphatic rings. The summed E-state index contributed by atoms with van der Waals surface area (Å²) < 4.78 is 1.95. The van der Waals surface area contributed by atoms with Crippen LogP contribution in [-0.2, 0) is 11.2 Å². The standard InChI is InChI=1S/C16H22N4O/c1-12-5-4-8-20(14(12)10-17)16(21)9-13-11-19-7-3-2-6-15(19)18-13/h2-3,6-7,11-12,14H,4-5,8-10,17H2,1H3. The molecule has 2 atom stereocenters. The number of nitrogens with zero attached hydrogens (tertiary/aromatic N) is 3. The maximum absolute atomic E-state index is 12.6. The largest absolute Gasteiger partial charge is 0.338 e. The zero-order chi connectivity index (χ0) is 14.8. The molecule has 0 saturated carbocycles. The van der Waals surface area contributed by atoms with Crippen molar-refractivity contribution in [2.75, 3.05) is 13.1 Å². The molecule has 1 saturated heterocycles. The van der Waals surface area contributed by atoms with Crippen molar-refractivity contribution in [2.24, 2.45) is 11.7 Å². The molecule has 2 aromatic heterocycles. The van der Waals surface area contributed by atoms with Crippen LogP contribution in [0.4, 0.5) is 0 Å². The van der Waals surface area contributed by atoms with Gasteiger partial charge in [0.05, 0.1) is 12.1 Å². The van der Waals surface area contributed by atoms with Crippen LogP contribution in [0.15, 0.2) is 30.6 Å². The maximum atomic E-state index is 12.6. The molecule has 2 aromatic rings. The molecular formula is C16H22N4O. The van der Waals surface area contributed by atoms with E-state index in [0.717, 1.165) is 30.7 Å². The van der Waals surface area contributed by atoms with E-state index < -0.39 is 0 Å². The van der Waals surface area contributed by atoms with Gasteiger partial charge in [0.25, 0.3) is 0 Å². The van der Waals surface area contributed by atoms with Gasteiger partial charge in [-0.3, -0.25) is 4.79 Å². The molecule has 0 bridgehead atoms. The van der Waals surface area contributed by atoms with E-state index >= 15 is 0 Å². The summed E-state index contributed by atoms with van der Waals surface area (Å²) in [4.78, 5) is 19.0. The summed E-state index contributed by atoms with van der Waals surface area (Å²) in [7, 11) is 0. The Morgan fingerprint density at radius 3 is 3.10 bits per heavy atom. The molecule has 1 amide bonds. The molecule has 0 radical (unpaired) electrons. The molecule has 0 aromatic carbocycles. The second-order valence-corrected chi connectivity index (χ2v) is 5.88. The molecule has 21 heavy (non-hydrogen) atoms. The molecule has 1 fully saturated rings. The van der Waals surface area contributed by atoms with Crippen LogP contribution in [0.1, 0.15) is 25.5 Å². The highest BCUT2D eigenvalue weighted by Crippen LogP contribution is 2.23. The van der Waals surface area contributed by atoms with Crippen molar-refractivity contribution in [2.45, 2.75) is 32.2 Å². The minimum atomic E-state index is 0.139. The number of piperidine rings is 1. The highest BCUT2D eigenvalue weighted by atomic mass is 16.2. The first-order chi connectivity index (χ1) is 10.2. The van der Waals surface area contributed by atoms with Crippen molar-refractivity contribution in [1.82, 2.24) is 14.3 Å². The number of fused-ring (bicyclic) bond motifs is 1. The molecule has 112 valence electrons. The minimum Gasteiger partial charge on any atom is -0.338 e. The van der Waals surface area contributed by atoms with E-state index in [1.807, 2.05) is 39.9 Å². The molecule has 5 nitrogen and oxygen atoms in total. The summed E-state index contributed by atoms with van der Waals surface area (Å²) in [5, 5.41) is 0. The Hall–Kier alpha value is -1.88. The van der Waals surface area contributed by atoms with Crippen molar-refractivity contribution in [3.8, 4) is 0 Å². The number of hydrogen-bond donors (Lipinski definition) is 1. The fraction of sp³-hybridized carbons (Fsp3) is 0.500. The number of likely N-dealkylation sites (tertiary alicyclic amines) is 1. The van der Waals surface area contributed by atoms with E-state index in [9.17, 15) is 4.79 Å². The molecule has 3 heterocycles. The van der Waals surface area contributed by atoms with Gasteiger partial charge < -0.3 is 15.0 Å². The van der Waals surface area contributed by atoms with Crippen molar-refractivity contribution in [3.63, 3.8) is 0 Å². The highest BCUT2D eigenvalue weighted by Gasteiger charge is 2.30. The number of amides is 1. The van der Waals surface area contributed by atoms with E-state index in [1.165, 1.54) is 0 Å². The van der Waals surface area contributed by atoms with Crippen molar-refractivity contribution < 1.29 is 4.79 Å². The van der Waals surface area contributed by atoms with Crippen molar-refractivity contribution in [3.05, 3.63) is 36.3 Å². The van der Waals surface area contributed by atoms with Crippen LogP contribution in [0.3, 0.4) is 0 Å². The SMILES string of the molecule is CC1CCCN(C(=O)Cc2cn3ccccc3n2)C1CN. The molecule has 3 rings (SSSR count). The fourth-order valence-electron chi connectivity index (χ4n) is 3.25. The molecule has 5 heteroatoms. The van der Waals surface area contributed by atoms with Gasteiger partial charge in [-0.1, -0.05) is 13.0 Å². The molecule has 1 aliphatic heterocycles. The number of nitrogens with two attached hydrogens (primary N) is 1. The molecular weight excluding hydrogens is 264 g/mol. The summed E-state index contributed by atoms with van der Waals surface area (Å²) >= 11 is 0. The summed E-state index contributed by atoms with van der Waals surface area (Å²) in [6, 6.07) is 6.02. The van der Waals surface area contributed by atoms with Gasteiger partial charge in [-0.15, -0.1) is 0 Å². The fourth-order valence-corrected chi connectivity index (χ4v) is 3.25. The Bertz CT molecular complexity index is 603. The molecule has 0 spiro atoms. The third kappa shape index (κ3) is 2.78. The second-order valence-electron chi connectivity index (χ2n) is 5.88. The smallest absolute Gasteiger partial charge is 0.228 e. The van der Waals surface area contributed by atoms with Crippen LogP contribution in [0.5, 0.6) is 0 Å². The Labute approximate surface area is 124 Å². The van der Waals surface area contributed by atoms with Crippen LogP contribution in [0.2, 0.25) is 0 Å². The van der Waals surface area contributed by atoms with Crippen molar-refractivity contribution in [1.29, 1.82) is 0 Å². The third-order valence-electron chi connectivity index (χ3n) is 4.42. The average molecular weight is 286 g/mol. The van der Waals surface area contributed by atoms with Gasteiger partial charge in [0.1, 0.15) is 5.65 Å². The van der Waals surface area contributed by atoms with E-state index in [0.29, 0.717) is 18.9 Å². The zero-order valence-electron chi connectivity index (χ0n) is 12.4. The van der Waals surface area contributed by atoms with Gasteiger partial charge in [-0.05, 0) is 30.9 Å². The summed E-state index contributed by atoms with van der Waals surface area (Å²) in [5.41, 5.74) is 7.56. The molecule has 0 aliphatic carbocycles. The second kappa shape index (κ2) is 5.85. The summed E-state index contributed by atoms with van der Waals surface area (Å²) in [6.45, 7) is 3.54. The zero-order valence-corrected chi connectivity index (χ0v) is 12.4. The van der Waals surface area contributed by atoms with Crippen LogP contribution < -0.4 is 5.73 Å². The highest BCUT2D eigenvalue weighted by molar-refractivity contribution is 5.79. The first-order valence-electron chi connectivity index (χ1n) is 7.61. The average Bonchev–Trinajstić information content (AvgIpc) is 2.89. The van der Waals surface area contributed by atoms with Gasteiger partial charge in [-0.2, -0.15) is 0 Å². The van der Waals surface area contributed by atoms with E-state index in [2.05, 4.69) is 11.9 Å². The van der Waals surface area contributed by atoms with Gasteiger partial charge in [-0.25, -0.2) is 4.98 Å². The molecule has 2 N–H and O–H groups in total. The predicted octanol–water partition coefficient (Wildman–Crippen LogP) is 1.46. The number of aromatic nitrogens is 2. The van der Waals surface area contributed by atoms with Gasteiger partial charge in [0, 0.05) is 31.5 Å². The molecule has 2 unspecified atom stereocenters. The lowest BCUT2D eigenvalue weighted by Gasteiger charge is -2.39. The number of imidazole rings is 1. The number of pyridine rings is 1. The number of carbonyl (C=O) groups excluding carboxylic acids is 1. The number of carbonyl (C=O) groups is 1. The third-order valence-corrected chi connectivity index (χ3v) is 4.42. The first-order valence-corrected chi connectivity index (χ1v) is 7.61. The summed E-state index contributed by atoms with van der Waals surface area (Å²) in [6.07, 6.45) is 6.44. The number of rotatable bonds is 3. The van der Waals surface area contributed by atoms with Crippen LogP contribution >= 0.6 is 0 Å². The van der Waals surface area contributed by atoms with E-state index in [1.54, 1.807) is 0 Å². The maximum Gasteiger partial charge on any atom is 0.228 e. The lowest BCUT2D eigenvalue weighted by atomic mass is 9.90. The topological polar surface area (TPSA) is 63.6 Å². The lowest BCUT2D eigenvalue weighted by Crippen LogP contribution is -2.51. The van der Waals surface area contributed by atoms with E-state index in [-0.39, 0.29) is 11.9 Å². The van der Waals surface area contributed by atoms with Gasteiger partial charge >= 0.3 is 0 Å². The lowest BCUT2D eigenvalue weighted by molar-refractivity contribution is -0.135. The minimum absolute atomic E-state index is 0.139. The first kappa shape index (κ1) is 14.1. The Kier molecular flexibility index (Phi) is 3.92. The Balaban J connectivity index is 1.75. The monoisotopic (exact) mass is 286 g/mol. The van der Waals surface area contributed by atoms with Crippen LogP contribution in [0, 0.1) is 5.92 Å². The van der Waals surface area contributed by atoms with Crippen molar-refractivity contribution >= 4 is 11.6 Å². The van der Waals surface area contributed by atoms with Crippen LogP contribution in [0.25, 0.3) is 5.65 Å².